The SMILES string of the molecule is CCC1CCC(O)(Cc2ccnc3ccccc23)CC1. The third-order valence-corrected chi connectivity index (χ3v) is 4.87. The molecule has 2 aromatic rings. The summed E-state index contributed by atoms with van der Waals surface area (Å²) < 4.78 is 0. The maximum Gasteiger partial charge on any atom is 0.0704 e. The van der Waals surface area contributed by atoms with Gasteiger partial charge in [0, 0.05) is 18.0 Å². The van der Waals surface area contributed by atoms with Gasteiger partial charge >= 0.3 is 0 Å². The first-order valence-electron chi connectivity index (χ1n) is 7.75. The van der Waals surface area contributed by atoms with Gasteiger partial charge in [-0.2, -0.15) is 0 Å². The summed E-state index contributed by atoms with van der Waals surface area (Å²) in [6.45, 7) is 2.26. The predicted molar refractivity (Wildman–Crippen MR) is 82.6 cm³/mol. The second kappa shape index (κ2) is 5.53. The molecule has 1 heterocycles. The molecule has 1 fully saturated rings. The van der Waals surface area contributed by atoms with Crippen LogP contribution in [0, 0.1) is 5.92 Å². The number of nitrogens with zero attached hydrogens (tertiary/aromatic N) is 1. The van der Waals surface area contributed by atoms with E-state index in [0.717, 1.165) is 43.5 Å². The van der Waals surface area contributed by atoms with E-state index in [-0.39, 0.29) is 0 Å². The smallest absolute Gasteiger partial charge is 0.0704 e. The standard InChI is InChI=1S/C18H23NO/c1-2-14-7-10-18(20,11-8-14)13-15-9-12-19-17-6-4-3-5-16(15)17/h3-6,9,12,14,20H,2,7-8,10-11,13H2,1H3. The van der Waals surface area contributed by atoms with E-state index < -0.39 is 5.60 Å². The van der Waals surface area contributed by atoms with Crippen molar-refractivity contribution in [3.8, 4) is 0 Å². The number of rotatable bonds is 3. The molecule has 0 spiro atoms. The van der Waals surface area contributed by atoms with E-state index in [4.69, 9.17) is 0 Å². The van der Waals surface area contributed by atoms with Crippen molar-refractivity contribution >= 4 is 10.9 Å². The summed E-state index contributed by atoms with van der Waals surface area (Å²) in [5.41, 5.74) is 1.74. The molecule has 0 unspecified atom stereocenters. The topological polar surface area (TPSA) is 33.1 Å². The molecule has 3 rings (SSSR count). The van der Waals surface area contributed by atoms with E-state index in [1.807, 2.05) is 24.4 Å². The number of para-hydroxylation sites is 1. The molecular formula is C18H23NO. The second-order valence-corrected chi connectivity index (χ2v) is 6.24. The van der Waals surface area contributed by atoms with Gasteiger partial charge in [0.05, 0.1) is 11.1 Å². The van der Waals surface area contributed by atoms with E-state index in [0.29, 0.717) is 0 Å². The van der Waals surface area contributed by atoms with Crippen LogP contribution in [0.5, 0.6) is 0 Å². The molecule has 1 N–H and O–H groups in total. The number of aromatic nitrogens is 1. The van der Waals surface area contributed by atoms with Gasteiger partial charge in [0.1, 0.15) is 0 Å². The lowest BCUT2D eigenvalue weighted by atomic mass is 9.75. The molecule has 1 saturated carbocycles. The highest BCUT2D eigenvalue weighted by atomic mass is 16.3. The van der Waals surface area contributed by atoms with Crippen molar-refractivity contribution in [2.75, 3.05) is 0 Å². The first-order chi connectivity index (χ1) is 9.70. The van der Waals surface area contributed by atoms with Crippen LogP contribution in [-0.4, -0.2) is 15.7 Å². The van der Waals surface area contributed by atoms with Crippen molar-refractivity contribution in [3.63, 3.8) is 0 Å². The summed E-state index contributed by atoms with van der Waals surface area (Å²) in [5.74, 6) is 0.810. The minimum Gasteiger partial charge on any atom is -0.390 e. The Morgan fingerprint density at radius 3 is 2.70 bits per heavy atom. The summed E-state index contributed by atoms with van der Waals surface area (Å²) in [7, 11) is 0. The van der Waals surface area contributed by atoms with Gasteiger partial charge in [-0.25, -0.2) is 0 Å². The molecule has 0 bridgehead atoms. The lowest BCUT2D eigenvalue weighted by Crippen LogP contribution is -2.36. The Bertz CT molecular complexity index is 579. The van der Waals surface area contributed by atoms with Crippen molar-refractivity contribution in [3.05, 3.63) is 42.1 Å². The van der Waals surface area contributed by atoms with Crippen LogP contribution in [0.25, 0.3) is 10.9 Å². The second-order valence-electron chi connectivity index (χ2n) is 6.24. The highest BCUT2D eigenvalue weighted by molar-refractivity contribution is 5.81. The molecule has 0 atom stereocenters. The Labute approximate surface area is 120 Å². The first-order valence-corrected chi connectivity index (χ1v) is 7.75. The maximum atomic E-state index is 10.9. The Morgan fingerprint density at radius 2 is 1.95 bits per heavy atom. The molecule has 1 aromatic heterocycles. The van der Waals surface area contributed by atoms with Crippen molar-refractivity contribution in [1.82, 2.24) is 4.98 Å². The monoisotopic (exact) mass is 269 g/mol. The zero-order chi connectivity index (χ0) is 14.0. The number of hydrogen-bond donors (Lipinski definition) is 1. The third-order valence-electron chi connectivity index (χ3n) is 4.87. The number of pyridine rings is 1. The minimum absolute atomic E-state index is 0.518. The molecule has 0 amide bonds. The van der Waals surface area contributed by atoms with Gasteiger partial charge in [-0.15, -0.1) is 0 Å². The highest BCUT2D eigenvalue weighted by Gasteiger charge is 2.33. The van der Waals surface area contributed by atoms with Gasteiger partial charge in [0.2, 0.25) is 0 Å². The van der Waals surface area contributed by atoms with Gasteiger partial charge in [-0.05, 0) is 49.3 Å². The number of benzene rings is 1. The van der Waals surface area contributed by atoms with Crippen LogP contribution >= 0.6 is 0 Å². The number of aliphatic hydroxyl groups is 1. The molecule has 2 heteroatoms. The predicted octanol–water partition coefficient (Wildman–Crippen LogP) is 4.11. The van der Waals surface area contributed by atoms with Gasteiger partial charge in [0.25, 0.3) is 0 Å². The molecule has 2 nitrogen and oxygen atoms in total. The van der Waals surface area contributed by atoms with Crippen LogP contribution in [0.15, 0.2) is 36.5 Å². The first kappa shape index (κ1) is 13.6. The summed E-state index contributed by atoms with van der Waals surface area (Å²) in [6, 6.07) is 10.3. The Hall–Kier alpha value is -1.41. The Balaban J connectivity index is 1.83. The van der Waals surface area contributed by atoms with Crippen LogP contribution in [0.3, 0.4) is 0 Å². The normalized spacial score (nSPS) is 26.8. The van der Waals surface area contributed by atoms with Crippen LogP contribution in [0.1, 0.15) is 44.6 Å². The Kier molecular flexibility index (Phi) is 3.75. The van der Waals surface area contributed by atoms with Crippen molar-refractivity contribution in [2.24, 2.45) is 5.92 Å². The van der Waals surface area contributed by atoms with Crippen LogP contribution in [0.2, 0.25) is 0 Å². The van der Waals surface area contributed by atoms with Crippen LogP contribution in [0.4, 0.5) is 0 Å². The molecule has 1 aliphatic rings. The molecule has 0 radical (unpaired) electrons. The van der Waals surface area contributed by atoms with Crippen LogP contribution < -0.4 is 0 Å². The largest absolute Gasteiger partial charge is 0.390 e. The third kappa shape index (κ3) is 2.71. The maximum absolute atomic E-state index is 10.9. The molecule has 1 aromatic carbocycles. The van der Waals surface area contributed by atoms with E-state index in [2.05, 4.69) is 24.0 Å². The van der Waals surface area contributed by atoms with E-state index in [9.17, 15) is 5.11 Å². The van der Waals surface area contributed by atoms with Crippen molar-refractivity contribution in [2.45, 2.75) is 51.0 Å². The fourth-order valence-corrected chi connectivity index (χ4v) is 3.46. The molecular weight excluding hydrogens is 246 g/mol. The molecule has 20 heavy (non-hydrogen) atoms. The number of fused-ring (bicyclic) bond motifs is 1. The van der Waals surface area contributed by atoms with Crippen LogP contribution in [-0.2, 0) is 6.42 Å². The fourth-order valence-electron chi connectivity index (χ4n) is 3.46. The van der Waals surface area contributed by atoms with E-state index >= 15 is 0 Å². The quantitative estimate of drug-likeness (QED) is 0.909. The average Bonchev–Trinajstić information content (AvgIpc) is 2.48. The van der Waals surface area contributed by atoms with E-state index in [1.165, 1.54) is 17.4 Å². The van der Waals surface area contributed by atoms with Crippen molar-refractivity contribution in [1.29, 1.82) is 0 Å². The van der Waals surface area contributed by atoms with Gasteiger partial charge in [-0.1, -0.05) is 31.5 Å². The molecule has 1 aliphatic carbocycles. The molecule has 106 valence electrons. The fraction of sp³-hybridized carbons (Fsp3) is 0.500. The average molecular weight is 269 g/mol. The summed E-state index contributed by atoms with van der Waals surface area (Å²) in [4.78, 5) is 4.40. The summed E-state index contributed by atoms with van der Waals surface area (Å²) in [5, 5.41) is 12.1. The number of hydrogen-bond acceptors (Lipinski definition) is 2. The zero-order valence-electron chi connectivity index (χ0n) is 12.2. The zero-order valence-corrected chi connectivity index (χ0v) is 12.2. The Morgan fingerprint density at radius 1 is 1.20 bits per heavy atom. The lowest BCUT2D eigenvalue weighted by molar-refractivity contribution is -0.00896. The highest BCUT2D eigenvalue weighted by Crippen LogP contribution is 2.36. The van der Waals surface area contributed by atoms with Gasteiger partial charge in [-0.3, -0.25) is 4.98 Å². The van der Waals surface area contributed by atoms with E-state index in [1.54, 1.807) is 0 Å². The van der Waals surface area contributed by atoms with Gasteiger partial charge in [0.15, 0.2) is 0 Å². The summed E-state index contributed by atoms with van der Waals surface area (Å²) >= 11 is 0. The van der Waals surface area contributed by atoms with Crippen molar-refractivity contribution < 1.29 is 5.11 Å². The molecule has 0 aliphatic heterocycles. The minimum atomic E-state index is -0.518. The molecule has 0 saturated heterocycles. The summed E-state index contributed by atoms with van der Waals surface area (Å²) in [6.07, 6.45) is 8.05. The van der Waals surface area contributed by atoms with Gasteiger partial charge < -0.3 is 5.11 Å². The lowest BCUT2D eigenvalue weighted by Gasteiger charge is -2.36.